The number of ether oxygens (including phenoxy) is 2. The highest BCUT2D eigenvalue weighted by atomic mass is 35.5. The summed E-state index contributed by atoms with van der Waals surface area (Å²) in [5.74, 6) is 1.05. The van der Waals surface area contributed by atoms with Crippen LogP contribution in [0.25, 0.3) is 0 Å². The average molecular weight is 470 g/mol. The molecule has 10 heteroatoms. The Hall–Kier alpha value is -2.94. The number of anilines is 1. The number of halogens is 4. The molecule has 0 bridgehead atoms. The summed E-state index contributed by atoms with van der Waals surface area (Å²) in [5, 5.41) is -0.0700. The van der Waals surface area contributed by atoms with Gasteiger partial charge in [0.25, 0.3) is 5.91 Å². The molecular formula is C22H23ClF3N3O3. The smallest absolute Gasteiger partial charge is 0.417 e. The summed E-state index contributed by atoms with van der Waals surface area (Å²) in [6, 6.07) is 5.84. The molecule has 172 valence electrons. The van der Waals surface area contributed by atoms with E-state index in [1.807, 2.05) is 0 Å². The molecule has 0 aliphatic carbocycles. The number of aromatic nitrogens is 1. The fraction of sp³-hybridized carbons (Fsp3) is 0.364. The first-order chi connectivity index (χ1) is 15.2. The molecule has 0 radical (unpaired) electrons. The van der Waals surface area contributed by atoms with Crippen LogP contribution in [0.5, 0.6) is 11.5 Å². The number of nitrogens with zero attached hydrogens (tertiary/aromatic N) is 3. The van der Waals surface area contributed by atoms with Gasteiger partial charge in [-0.15, -0.1) is 0 Å². The largest absolute Gasteiger partial charge is 0.493 e. The quantitative estimate of drug-likeness (QED) is 0.575. The summed E-state index contributed by atoms with van der Waals surface area (Å²) in [5.41, 5.74) is -0.445. The average Bonchev–Trinajstić information content (AvgIpc) is 3.02. The molecular weight excluding hydrogens is 447 g/mol. The van der Waals surface area contributed by atoms with E-state index in [9.17, 15) is 18.0 Å². The third kappa shape index (κ3) is 5.45. The van der Waals surface area contributed by atoms with Crippen molar-refractivity contribution in [2.24, 2.45) is 0 Å². The van der Waals surface area contributed by atoms with Crippen LogP contribution < -0.4 is 14.4 Å². The first-order valence-electron chi connectivity index (χ1n) is 9.93. The van der Waals surface area contributed by atoms with Gasteiger partial charge < -0.3 is 19.3 Å². The van der Waals surface area contributed by atoms with Gasteiger partial charge in [-0.1, -0.05) is 24.3 Å². The molecule has 1 aliphatic heterocycles. The summed E-state index contributed by atoms with van der Waals surface area (Å²) in [4.78, 5) is 20.5. The Balaban J connectivity index is 1.71. The lowest BCUT2D eigenvalue weighted by molar-refractivity contribution is -0.137. The van der Waals surface area contributed by atoms with Crippen LogP contribution in [0, 0.1) is 0 Å². The maximum atomic E-state index is 13.0. The zero-order valence-electron chi connectivity index (χ0n) is 17.5. The predicted molar refractivity (Wildman–Crippen MR) is 116 cm³/mol. The maximum absolute atomic E-state index is 13.0. The fourth-order valence-electron chi connectivity index (χ4n) is 3.40. The Kier molecular flexibility index (Phi) is 7.50. The van der Waals surface area contributed by atoms with E-state index >= 15 is 0 Å². The van der Waals surface area contributed by atoms with Crippen molar-refractivity contribution in [3.8, 4) is 11.5 Å². The zero-order chi connectivity index (χ0) is 23.3. The van der Waals surface area contributed by atoms with Crippen LogP contribution in [0.15, 0.2) is 43.1 Å². The summed E-state index contributed by atoms with van der Waals surface area (Å²) >= 11 is 6.08. The van der Waals surface area contributed by atoms with Crippen LogP contribution in [0.4, 0.5) is 19.0 Å². The van der Waals surface area contributed by atoms with Crippen LogP contribution in [0.3, 0.4) is 0 Å². The summed E-state index contributed by atoms with van der Waals surface area (Å²) < 4.78 is 49.5. The highest BCUT2D eigenvalue weighted by Crippen LogP contribution is 2.34. The topological polar surface area (TPSA) is 54.9 Å². The van der Waals surface area contributed by atoms with Gasteiger partial charge in [0.15, 0.2) is 11.5 Å². The lowest BCUT2D eigenvalue weighted by atomic mass is 10.1. The lowest BCUT2D eigenvalue weighted by Crippen LogP contribution is -2.35. The highest BCUT2D eigenvalue weighted by molar-refractivity contribution is 6.33. The summed E-state index contributed by atoms with van der Waals surface area (Å²) in [6.45, 7) is 5.68. The van der Waals surface area contributed by atoms with Crippen molar-refractivity contribution >= 4 is 23.3 Å². The van der Waals surface area contributed by atoms with Crippen LogP contribution in [0.2, 0.25) is 5.02 Å². The molecule has 32 heavy (non-hydrogen) atoms. The molecule has 1 saturated heterocycles. The molecule has 2 aromatic rings. The second-order valence-corrected chi connectivity index (χ2v) is 7.53. The van der Waals surface area contributed by atoms with E-state index < -0.39 is 11.7 Å². The first-order valence-corrected chi connectivity index (χ1v) is 10.3. The minimum Gasteiger partial charge on any atom is -0.493 e. The van der Waals surface area contributed by atoms with Crippen LogP contribution in [-0.2, 0) is 6.18 Å². The molecule has 1 fully saturated rings. The van der Waals surface area contributed by atoms with E-state index in [1.54, 1.807) is 34.1 Å². The Bertz CT molecular complexity index is 985. The van der Waals surface area contributed by atoms with E-state index in [1.165, 1.54) is 7.11 Å². The molecule has 0 saturated carbocycles. The molecule has 0 spiro atoms. The number of methoxy groups -OCH3 is 1. The molecule has 3 rings (SSSR count). The van der Waals surface area contributed by atoms with Gasteiger partial charge in [-0.05, 0) is 30.7 Å². The molecule has 0 unspecified atom stereocenters. The Morgan fingerprint density at radius 2 is 2.00 bits per heavy atom. The molecule has 0 N–H and O–H groups in total. The van der Waals surface area contributed by atoms with Gasteiger partial charge in [-0.3, -0.25) is 4.79 Å². The van der Waals surface area contributed by atoms with E-state index in [0.717, 1.165) is 12.3 Å². The summed E-state index contributed by atoms with van der Waals surface area (Å²) in [7, 11) is 1.50. The Labute approximate surface area is 189 Å². The maximum Gasteiger partial charge on any atom is 0.417 e. The highest BCUT2D eigenvalue weighted by Gasteiger charge is 2.32. The van der Waals surface area contributed by atoms with Crippen molar-refractivity contribution in [3.05, 3.63) is 59.3 Å². The van der Waals surface area contributed by atoms with Gasteiger partial charge in [-0.2, -0.15) is 13.2 Å². The number of alkyl halides is 3. The number of amides is 1. The fourth-order valence-corrected chi connectivity index (χ4v) is 3.69. The zero-order valence-corrected chi connectivity index (χ0v) is 18.2. The molecule has 1 aliphatic rings. The standard InChI is InChI=1S/C22H23ClF3N3O3/c1-3-11-32-18-6-5-15(12-19(18)31-2)21(30)29-8-4-7-28(9-10-29)20-17(23)13-16(14-27-20)22(24,25)26/h3,5-6,12-14H,1,4,7-11H2,2H3. The van der Waals surface area contributed by atoms with Crippen molar-refractivity contribution in [1.82, 2.24) is 9.88 Å². The van der Waals surface area contributed by atoms with Crippen molar-refractivity contribution in [3.63, 3.8) is 0 Å². The second-order valence-electron chi connectivity index (χ2n) is 7.13. The predicted octanol–water partition coefficient (Wildman–Crippen LogP) is 4.68. The molecule has 2 heterocycles. The number of rotatable bonds is 6. The second kappa shape index (κ2) is 10.1. The number of hydrogen-bond donors (Lipinski definition) is 0. The van der Waals surface area contributed by atoms with Gasteiger partial charge in [0, 0.05) is 37.9 Å². The molecule has 0 atom stereocenters. The van der Waals surface area contributed by atoms with E-state index in [-0.39, 0.29) is 16.7 Å². The minimum atomic E-state index is -4.51. The van der Waals surface area contributed by atoms with Gasteiger partial charge in [0.2, 0.25) is 0 Å². The lowest BCUT2D eigenvalue weighted by Gasteiger charge is -2.24. The van der Waals surface area contributed by atoms with E-state index in [0.29, 0.717) is 56.3 Å². The Morgan fingerprint density at radius 3 is 2.66 bits per heavy atom. The van der Waals surface area contributed by atoms with E-state index in [2.05, 4.69) is 11.6 Å². The Morgan fingerprint density at radius 1 is 1.22 bits per heavy atom. The molecule has 6 nitrogen and oxygen atoms in total. The summed E-state index contributed by atoms with van der Waals surface area (Å²) in [6.07, 6.45) is -1.51. The van der Waals surface area contributed by atoms with Crippen molar-refractivity contribution in [2.45, 2.75) is 12.6 Å². The molecule has 1 aromatic carbocycles. The SMILES string of the molecule is C=CCOc1ccc(C(=O)N2CCCN(c3ncc(C(F)(F)F)cc3Cl)CC2)cc1OC. The number of benzene rings is 1. The van der Waals surface area contributed by atoms with Crippen molar-refractivity contribution < 1.29 is 27.4 Å². The number of hydrogen-bond acceptors (Lipinski definition) is 5. The number of pyridine rings is 1. The van der Waals surface area contributed by atoms with Crippen molar-refractivity contribution in [1.29, 1.82) is 0 Å². The van der Waals surface area contributed by atoms with Gasteiger partial charge in [-0.25, -0.2) is 4.98 Å². The van der Waals surface area contributed by atoms with Crippen LogP contribution in [0.1, 0.15) is 22.3 Å². The van der Waals surface area contributed by atoms with Crippen molar-refractivity contribution in [2.75, 3.05) is 44.8 Å². The number of carbonyl (C=O) groups is 1. The minimum absolute atomic E-state index is 0.0700. The normalized spacial score (nSPS) is 14.7. The van der Waals surface area contributed by atoms with E-state index in [4.69, 9.17) is 21.1 Å². The molecule has 1 aromatic heterocycles. The first kappa shape index (κ1) is 23.7. The van der Waals surface area contributed by atoms with Gasteiger partial charge in [0.1, 0.15) is 12.4 Å². The van der Waals surface area contributed by atoms with Gasteiger partial charge >= 0.3 is 6.18 Å². The van der Waals surface area contributed by atoms with Crippen LogP contribution >= 0.6 is 11.6 Å². The van der Waals surface area contributed by atoms with Crippen LogP contribution in [-0.4, -0.2) is 55.7 Å². The third-order valence-corrected chi connectivity index (χ3v) is 5.28. The molecule has 1 amide bonds. The third-order valence-electron chi connectivity index (χ3n) is 5.00. The number of carbonyl (C=O) groups excluding carboxylic acids is 1. The van der Waals surface area contributed by atoms with Gasteiger partial charge in [0.05, 0.1) is 17.7 Å². The monoisotopic (exact) mass is 469 g/mol.